The molecule has 0 N–H and O–H groups in total. The van der Waals surface area contributed by atoms with E-state index in [-0.39, 0.29) is 19.2 Å². The number of esters is 1. The molecule has 0 atom stereocenters. The lowest BCUT2D eigenvalue weighted by Crippen LogP contribution is -2.09. The Morgan fingerprint density at radius 1 is 1.14 bits per heavy atom. The van der Waals surface area contributed by atoms with Crippen LogP contribution >= 0.6 is 0 Å². The zero-order valence-corrected chi connectivity index (χ0v) is 12.2. The predicted molar refractivity (Wildman–Crippen MR) is 79.5 cm³/mol. The first-order valence-electron chi connectivity index (χ1n) is 6.98. The monoisotopic (exact) mass is 300 g/mol. The van der Waals surface area contributed by atoms with E-state index in [2.05, 4.69) is 0 Å². The third-order valence-corrected chi connectivity index (χ3v) is 3.37. The van der Waals surface area contributed by atoms with E-state index in [1.807, 2.05) is 24.3 Å². The van der Waals surface area contributed by atoms with Gasteiger partial charge < -0.3 is 18.9 Å². The maximum Gasteiger partial charge on any atom is 0.311 e. The summed E-state index contributed by atoms with van der Waals surface area (Å²) >= 11 is 0. The maximum atomic E-state index is 12.0. The second-order valence-electron chi connectivity index (χ2n) is 4.80. The van der Waals surface area contributed by atoms with Gasteiger partial charge in [0.2, 0.25) is 6.79 Å². The van der Waals surface area contributed by atoms with Gasteiger partial charge in [0.1, 0.15) is 11.5 Å². The fraction of sp³-hybridized carbons (Fsp3) is 0.235. The van der Waals surface area contributed by atoms with Crippen molar-refractivity contribution in [3.05, 3.63) is 48.0 Å². The molecule has 114 valence electrons. The Hall–Kier alpha value is -2.69. The average molecular weight is 300 g/mol. The van der Waals surface area contributed by atoms with E-state index in [1.54, 1.807) is 25.3 Å². The van der Waals surface area contributed by atoms with Gasteiger partial charge in [-0.3, -0.25) is 4.79 Å². The smallest absolute Gasteiger partial charge is 0.311 e. The molecule has 0 aromatic heterocycles. The highest BCUT2D eigenvalue weighted by molar-refractivity contribution is 5.73. The first-order valence-corrected chi connectivity index (χ1v) is 6.98. The zero-order valence-electron chi connectivity index (χ0n) is 12.2. The van der Waals surface area contributed by atoms with Gasteiger partial charge in [0, 0.05) is 6.07 Å². The minimum Gasteiger partial charge on any atom is -0.496 e. The van der Waals surface area contributed by atoms with E-state index < -0.39 is 0 Å². The largest absolute Gasteiger partial charge is 0.496 e. The minimum atomic E-state index is -0.301. The molecule has 5 nitrogen and oxygen atoms in total. The topological polar surface area (TPSA) is 54.0 Å². The lowest BCUT2D eigenvalue weighted by atomic mass is 10.1. The number of hydrogen-bond acceptors (Lipinski definition) is 5. The Labute approximate surface area is 128 Å². The molecule has 2 aromatic carbocycles. The highest BCUT2D eigenvalue weighted by atomic mass is 16.7. The second-order valence-corrected chi connectivity index (χ2v) is 4.80. The number of carbonyl (C=O) groups is 1. The molecular weight excluding hydrogens is 284 g/mol. The summed E-state index contributed by atoms with van der Waals surface area (Å²) in [6.45, 7) is 0.195. The number of para-hydroxylation sites is 1. The number of hydrogen-bond donors (Lipinski definition) is 0. The number of ether oxygens (including phenoxy) is 4. The standard InChI is InChI=1S/C17H16O5/c1-19-14-5-3-2-4-12(14)6-9-17(18)22-13-7-8-15-16(10-13)21-11-20-15/h2-5,7-8,10H,6,9,11H2,1H3. The average Bonchev–Trinajstić information content (AvgIpc) is 3.01. The van der Waals surface area contributed by atoms with Crippen LogP contribution in [0.4, 0.5) is 0 Å². The molecular formula is C17H16O5. The summed E-state index contributed by atoms with van der Waals surface area (Å²) in [7, 11) is 1.61. The van der Waals surface area contributed by atoms with Gasteiger partial charge in [-0.1, -0.05) is 18.2 Å². The van der Waals surface area contributed by atoms with E-state index in [0.29, 0.717) is 23.7 Å². The highest BCUT2D eigenvalue weighted by Crippen LogP contribution is 2.35. The van der Waals surface area contributed by atoms with Gasteiger partial charge in [-0.05, 0) is 30.2 Å². The number of aryl methyl sites for hydroxylation is 1. The van der Waals surface area contributed by atoms with Crippen LogP contribution in [-0.2, 0) is 11.2 Å². The van der Waals surface area contributed by atoms with Crippen LogP contribution < -0.4 is 18.9 Å². The summed E-state index contributed by atoms with van der Waals surface area (Å²) < 4.78 is 21.0. The molecule has 1 aliphatic heterocycles. The Morgan fingerprint density at radius 3 is 2.82 bits per heavy atom. The molecule has 22 heavy (non-hydrogen) atoms. The number of benzene rings is 2. The molecule has 0 spiro atoms. The molecule has 0 radical (unpaired) electrons. The Morgan fingerprint density at radius 2 is 1.95 bits per heavy atom. The van der Waals surface area contributed by atoms with Gasteiger partial charge in [-0.15, -0.1) is 0 Å². The Bertz CT molecular complexity index is 680. The molecule has 5 heteroatoms. The molecule has 0 saturated heterocycles. The third kappa shape index (κ3) is 3.14. The van der Waals surface area contributed by atoms with E-state index in [9.17, 15) is 4.79 Å². The summed E-state index contributed by atoms with van der Waals surface area (Å²) in [6, 6.07) is 12.7. The van der Waals surface area contributed by atoms with E-state index in [1.165, 1.54) is 0 Å². The van der Waals surface area contributed by atoms with Crippen LogP contribution in [0.2, 0.25) is 0 Å². The first-order chi connectivity index (χ1) is 10.8. The van der Waals surface area contributed by atoms with Crippen molar-refractivity contribution in [1.82, 2.24) is 0 Å². The van der Waals surface area contributed by atoms with E-state index in [0.717, 1.165) is 11.3 Å². The van der Waals surface area contributed by atoms with Gasteiger partial charge >= 0.3 is 5.97 Å². The summed E-state index contributed by atoms with van der Waals surface area (Å²) in [4.78, 5) is 12.0. The molecule has 3 rings (SSSR count). The van der Waals surface area contributed by atoms with Crippen LogP contribution in [0.25, 0.3) is 0 Å². The van der Waals surface area contributed by atoms with Crippen LogP contribution in [0.3, 0.4) is 0 Å². The van der Waals surface area contributed by atoms with Crippen LogP contribution in [0.15, 0.2) is 42.5 Å². The predicted octanol–water partition coefficient (Wildman–Crippen LogP) is 2.96. The van der Waals surface area contributed by atoms with E-state index in [4.69, 9.17) is 18.9 Å². The van der Waals surface area contributed by atoms with Crippen molar-refractivity contribution in [2.45, 2.75) is 12.8 Å². The van der Waals surface area contributed by atoms with Crippen molar-refractivity contribution < 1.29 is 23.7 Å². The Balaban J connectivity index is 1.58. The van der Waals surface area contributed by atoms with Crippen LogP contribution in [0.1, 0.15) is 12.0 Å². The van der Waals surface area contributed by atoms with Crippen LogP contribution in [0, 0.1) is 0 Å². The van der Waals surface area contributed by atoms with Crippen molar-refractivity contribution in [3.8, 4) is 23.0 Å². The van der Waals surface area contributed by atoms with Crippen molar-refractivity contribution in [1.29, 1.82) is 0 Å². The second kappa shape index (κ2) is 6.39. The lowest BCUT2D eigenvalue weighted by Gasteiger charge is -2.08. The van der Waals surface area contributed by atoms with Gasteiger partial charge in [0.25, 0.3) is 0 Å². The first kappa shape index (κ1) is 14.3. The number of methoxy groups -OCH3 is 1. The summed E-state index contributed by atoms with van der Waals surface area (Å²) in [5, 5.41) is 0. The molecule has 0 fully saturated rings. The quantitative estimate of drug-likeness (QED) is 0.627. The van der Waals surface area contributed by atoms with Crippen LogP contribution in [0.5, 0.6) is 23.0 Å². The highest BCUT2D eigenvalue weighted by Gasteiger charge is 2.15. The molecule has 0 bridgehead atoms. The summed E-state index contributed by atoms with van der Waals surface area (Å²) in [5.41, 5.74) is 0.979. The van der Waals surface area contributed by atoms with Crippen molar-refractivity contribution in [2.24, 2.45) is 0 Å². The fourth-order valence-electron chi connectivity index (χ4n) is 2.27. The van der Waals surface area contributed by atoms with Crippen LogP contribution in [-0.4, -0.2) is 19.9 Å². The van der Waals surface area contributed by atoms with Gasteiger partial charge in [-0.25, -0.2) is 0 Å². The third-order valence-electron chi connectivity index (χ3n) is 3.37. The van der Waals surface area contributed by atoms with Crippen molar-refractivity contribution in [3.63, 3.8) is 0 Å². The van der Waals surface area contributed by atoms with Gasteiger partial charge in [0.15, 0.2) is 11.5 Å². The van der Waals surface area contributed by atoms with Crippen molar-refractivity contribution in [2.75, 3.05) is 13.9 Å². The molecule has 0 amide bonds. The number of carbonyl (C=O) groups excluding carboxylic acids is 1. The molecule has 0 aliphatic carbocycles. The maximum absolute atomic E-state index is 12.0. The molecule has 2 aromatic rings. The molecule has 0 unspecified atom stereocenters. The summed E-state index contributed by atoms with van der Waals surface area (Å²) in [5.74, 6) is 2.18. The van der Waals surface area contributed by atoms with E-state index >= 15 is 0 Å². The Kier molecular flexibility index (Phi) is 4.14. The zero-order chi connectivity index (χ0) is 15.4. The molecule has 1 aliphatic rings. The normalized spacial score (nSPS) is 12.0. The summed E-state index contributed by atoms with van der Waals surface area (Å²) in [6.07, 6.45) is 0.836. The number of rotatable bonds is 5. The molecule has 0 saturated carbocycles. The number of fused-ring (bicyclic) bond motifs is 1. The molecule has 1 heterocycles. The van der Waals surface area contributed by atoms with Gasteiger partial charge in [-0.2, -0.15) is 0 Å². The SMILES string of the molecule is COc1ccccc1CCC(=O)Oc1ccc2c(c1)OCO2. The van der Waals surface area contributed by atoms with Gasteiger partial charge in [0.05, 0.1) is 13.5 Å². The fourth-order valence-corrected chi connectivity index (χ4v) is 2.27. The van der Waals surface area contributed by atoms with Crippen molar-refractivity contribution >= 4 is 5.97 Å². The lowest BCUT2D eigenvalue weighted by molar-refractivity contribution is -0.134. The minimum absolute atomic E-state index is 0.195.